The van der Waals surface area contributed by atoms with Crippen LogP contribution in [0.3, 0.4) is 0 Å². The van der Waals surface area contributed by atoms with E-state index in [1.807, 2.05) is 25.1 Å². The number of alkyl halides is 2. The Kier molecular flexibility index (Phi) is 5.30. The number of amides is 1. The molecule has 2 aromatic rings. The molecule has 1 aliphatic rings. The van der Waals surface area contributed by atoms with Crippen LogP contribution in [0.4, 0.5) is 13.2 Å². The second-order valence-electron chi connectivity index (χ2n) is 8.55. The molecule has 0 spiro atoms. The first-order valence-corrected chi connectivity index (χ1v) is 9.42. The zero-order chi connectivity index (χ0) is 20.8. The molecule has 0 saturated heterocycles. The standard InChI is InChI=1S/C21H26F3N3O/c1-12-6-9-15(21(2,3)4)13(10-12)11-27(14-7-8-14)20(28)16-17(18(22)23)25-26(5)19(16)24/h6,9-10,14,18H,7-8,11H2,1-5H3. The Balaban J connectivity index is 2.02. The third kappa shape index (κ3) is 3.93. The van der Waals surface area contributed by atoms with Gasteiger partial charge in [-0.3, -0.25) is 4.79 Å². The van der Waals surface area contributed by atoms with Crippen LogP contribution in [0, 0.1) is 12.9 Å². The molecular formula is C21H26F3N3O. The first kappa shape index (κ1) is 20.4. The highest BCUT2D eigenvalue weighted by atomic mass is 19.3. The van der Waals surface area contributed by atoms with Crippen molar-refractivity contribution in [2.45, 2.75) is 65.0 Å². The van der Waals surface area contributed by atoms with E-state index >= 15 is 0 Å². The Bertz CT molecular complexity index is 895. The lowest BCUT2D eigenvalue weighted by Gasteiger charge is -2.28. The molecule has 1 amide bonds. The van der Waals surface area contributed by atoms with Gasteiger partial charge in [-0.2, -0.15) is 9.49 Å². The normalized spacial score (nSPS) is 14.6. The Morgan fingerprint density at radius 2 is 1.96 bits per heavy atom. The maximum atomic E-state index is 14.5. The second kappa shape index (κ2) is 7.26. The third-order valence-corrected chi connectivity index (χ3v) is 5.08. The predicted octanol–water partition coefficient (Wildman–Crippen LogP) is 4.91. The van der Waals surface area contributed by atoms with Crippen molar-refractivity contribution in [3.05, 3.63) is 52.1 Å². The average molecular weight is 393 g/mol. The van der Waals surface area contributed by atoms with Crippen LogP contribution in [0.25, 0.3) is 0 Å². The van der Waals surface area contributed by atoms with Crippen molar-refractivity contribution in [3.8, 4) is 0 Å². The number of aromatic nitrogens is 2. The number of carbonyl (C=O) groups excluding carboxylic acids is 1. The van der Waals surface area contributed by atoms with Crippen LogP contribution in [0.2, 0.25) is 0 Å². The molecule has 152 valence electrons. The lowest BCUT2D eigenvalue weighted by atomic mass is 9.83. The molecular weight excluding hydrogens is 367 g/mol. The third-order valence-electron chi connectivity index (χ3n) is 5.08. The number of hydrogen-bond acceptors (Lipinski definition) is 2. The van der Waals surface area contributed by atoms with Crippen molar-refractivity contribution in [3.63, 3.8) is 0 Å². The van der Waals surface area contributed by atoms with Crippen LogP contribution in [0.1, 0.15) is 72.8 Å². The van der Waals surface area contributed by atoms with Gasteiger partial charge in [0, 0.05) is 19.6 Å². The van der Waals surface area contributed by atoms with Gasteiger partial charge in [-0.05, 0) is 36.3 Å². The summed E-state index contributed by atoms with van der Waals surface area (Å²) < 4.78 is 41.9. The average Bonchev–Trinajstić information content (AvgIpc) is 3.37. The summed E-state index contributed by atoms with van der Waals surface area (Å²) in [5.41, 5.74) is 1.53. The van der Waals surface area contributed by atoms with Gasteiger partial charge in [0.05, 0.1) is 0 Å². The predicted molar refractivity (Wildman–Crippen MR) is 101 cm³/mol. The van der Waals surface area contributed by atoms with Crippen LogP contribution >= 0.6 is 0 Å². The molecule has 0 aliphatic heterocycles. The van der Waals surface area contributed by atoms with Gasteiger partial charge in [-0.15, -0.1) is 0 Å². The number of halogens is 3. The molecule has 1 heterocycles. The highest BCUT2D eigenvalue weighted by Gasteiger charge is 2.38. The summed E-state index contributed by atoms with van der Waals surface area (Å²) in [4.78, 5) is 14.7. The molecule has 0 N–H and O–H groups in total. The molecule has 0 atom stereocenters. The molecule has 4 nitrogen and oxygen atoms in total. The van der Waals surface area contributed by atoms with E-state index in [1.54, 1.807) is 0 Å². The van der Waals surface area contributed by atoms with Crippen LogP contribution in [0.5, 0.6) is 0 Å². The quantitative estimate of drug-likeness (QED) is 0.724. The second-order valence-corrected chi connectivity index (χ2v) is 8.55. The van der Waals surface area contributed by atoms with Crippen molar-refractivity contribution in [2.24, 2.45) is 7.05 Å². The first-order chi connectivity index (χ1) is 13.0. The SMILES string of the molecule is Cc1ccc(C(C)(C)C)c(CN(C(=O)c2c(C(F)F)nn(C)c2F)C2CC2)c1. The van der Waals surface area contributed by atoms with Gasteiger partial charge in [-0.25, -0.2) is 13.5 Å². The molecule has 0 unspecified atom stereocenters. The molecule has 1 aromatic carbocycles. The largest absolute Gasteiger partial charge is 0.331 e. The lowest BCUT2D eigenvalue weighted by Crippen LogP contribution is -2.34. The summed E-state index contributed by atoms with van der Waals surface area (Å²) in [6.07, 6.45) is -1.44. The van der Waals surface area contributed by atoms with Crippen LogP contribution in [0.15, 0.2) is 18.2 Å². The van der Waals surface area contributed by atoms with Gasteiger partial charge >= 0.3 is 0 Å². The minimum Gasteiger partial charge on any atom is -0.331 e. The number of hydrogen-bond donors (Lipinski definition) is 0. The number of benzene rings is 1. The fourth-order valence-electron chi connectivity index (χ4n) is 3.54. The van der Waals surface area contributed by atoms with E-state index in [0.717, 1.165) is 29.5 Å². The fraction of sp³-hybridized carbons (Fsp3) is 0.524. The van der Waals surface area contributed by atoms with Crippen molar-refractivity contribution >= 4 is 5.91 Å². The summed E-state index contributed by atoms with van der Waals surface area (Å²) in [6.45, 7) is 8.48. The van der Waals surface area contributed by atoms with E-state index in [9.17, 15) is 18.0 Å². The molecule has 1 aliphatic carbocycles. The minimum absolute atomic E-state index is 0.0639. The van der Waals surface area contributed by atoms with Gasteiger partial charge in [-0.1, -0.05) is 44.5 Å². The van der Waals surface area contributed by atoms with Gasteiger partial charge in [0.15, 0.2) is 0 Å². The topological polar surface area (TPSA) is 38.1 Å². The summed E-state index contributed by atoms with van der Waals surface area (Å²) in [7, 11) is 1.22. The van der Waals surface area contributed by atoms with Crippen molar-refractivity contribution in [1.82, 2.24) is 14.7 Å². The fourth-order valence-corrected chi connectivity index (χ4v) is 3.54. The molecule has 1 aromatic heterocycles. The monoisotopic (exact) mass is 393 g/mol. The Morgan fingerprint density at radius 1 is 1.32 bits per heavy atom. The number of rotatable bonds is 5. The van der Waals surface area contributed by atoms with Crippen LogP contribution < -0.4 is 0 Å². The van der Waals surface area contributed by atoms with Crippen molar-refractivity contribution in [2.75, 3.05) is 0 Å². The summed E-state index contributed by atoms with van der Waals surface area (Å²) in [5.74, 6) is -1.74. The maximum Gasteiger partial charge on any atom is 0.283 e. The van der Waals surface area contributed by atoms with Crippen molar-refractivity contribution in [1.29, 1.82) is 0 Å². The summed E-state index contributed by atoms with van der Waals surface area (Å²) >= 11 is 0. The maximum absolute atomic E-state index is 14.5. The highest BCUT2D eigenvalue weighted by molar-refractivity contribution is 5.96. The van der Waals surface area contributed by atoms with Gasteiger partial charge < -0.3 is 4.90 Å². The number of nitrogens with zero attached hydrogens (tertiary/aromatic N) is 3. The Hall–Kier alpha value is -2.31. The molecule has 0 radical (unpaired) electrons. The van der Waals surface area contributed by atoms with Crippen LogP contribution in [-0.2, 0) is 19.0 Å². The van der Waals surface area contributed by atoms with E-state index in [-0.39, 0.29) is 18.0 Å². The summed E-state index contributed by atoms with van der Waals surface area (Å²) in [6, 6.07) is 6.00. The Morgan fingerprint density at radius 3 is 2.50 bits per heavy atom. The molecule has 3 rings (SSSR count). The minimum atomic E-state index is -3.01. The summed E-state index contributed by atoms with van der Waals surface area (Å²) in [5, 5.41) is 3.52. The highest BCUT2D eigenvalue weighted by Crippen LogP contribution is 2.35. The molecule has 28 heavy (non-hydrogen) atoms. The molecule has 7 heteroatoms. The molecule has 0 bridgehead atoms. The van der Waals surface area contributed by atoms with Crippen molar-refractivity contribution < 1.29 is 18.0 Å². The van der Waals surface area contributed by atoms with Gasteiger partial charge in [0.25, 0.3) is 12.3 Å². The van der Waals surface area contributed by atoms with Gasteiger partial charge in [0.2, 0.25) is 5.95 Å². The van der Waals surface area contributed by atoms with E-state index in [4.69, 9.17) is 0 Å². The molecule has 1 fully saturated rings. The van der Waals surface area contributed by atoms with E-state index < -0.39 is 29.5 Å². The number of carbonyl (C=O) groups is 1. The zero-order valence-corrected chi connectivity index (χ0v) is 16.9. The number of aryl methyl sites for hydroxylation is 2. The van der Waals surface area contributed by atoms with Gasteiger partial charge in [0.1, 0.15) is 11.3 Å². The smallest absolute Gasteiger partial charge is 0.283 e. The Labute approximate surface area is 163 Å². The van der Waals surface area contributed by atoms with E-state index in [2.05, 4.69) is 25.9 Å². The zero-order valence-electron chi connectivity index (χ0n) is 16.9. The van der Waals surface area contributed by atoms with Crippen LogP contribution in [-0.4, -0.2) is 26.6 Å². The molecule has 1 saturated carbocycles. The first-order valence-electron chi connectivity index (χ1n) is 9.42. The van der Waals surface area contributed by atoms with E-state index in [0.29, 0.717) is 4.68 Å². The lowest BCUT2D eigenvalue weighted by molar-refractivity contribution is 0.0711. The van der Waals surface area contributed by atoms with E-state index in [1.165, 1.54) is 11.9 Å².